The van der Waals surface area contributed by atoms with Crippen molar-refractivity contribution in [2.24, 2.45) is 0 Å². The first-order valence-electron chi connectivity index (χ1n) is 13.2. The maximum absolute atomic E-state index is 12.9. The van der Waals surface area contributed by atoms with Crippen LogP contribution in [0.15, 0.2) is 36.4 Å². The highest BCUT2D eigenvalue weighted by atomic mass is 16.5. The number of imide groups is 1. The number of rotatable bonds is 17. The first kappa shape index (κ1) is 35.0. The third kappa shape index (κ3) is 11.3. The van der Waals surface area contributed by atoms with E-state index in [1.807, 2.05) is 0 Å². The molecule has 7 N–H and O–H groups in total. The lowest BCUT2D eigenvalue weighted by atomic mass is 10.1. The van der Waals surface area contributed by atoms with Gasteiger partial charge in [0.1, 0.15) is 24.7 Å². The summed E-state index contributed by atoms with van der Waals surface area (Å²) >= 11 is 0. The Morgan fingerprint density at radius 3 is 1.86 bits per heavy atom. The summed E-state index contributed by atoms with van der Waals surface area (Å²) in [6.45, 7) is -0.901. The van der Waals surface area contributed by atoms with Crippen LogP contribution in [0, 0.1) is 0 Å². The number of amides is 6. The molecule has 0 unspecified atom stereocenters. The Morgan fingerprint density at radius 1 is 0.795 bits per heavy atom. The van der Waals surface area contributed by atoms with Gasteiger partial charge in [0.2, 0.25) is 23.6 Å². The van der Waals surface area contributed by atoms with Crippen LogP contribution >= 0.6 is 0 Å². The highest BCUT2D eigenvalue weighted by Gasteiger charge is 2.30. The summed E-state index contributed by atoms with van der Waals surface area (Å²) in [4.78, 5) is 96.7. The van der Waals surface area contributed by atoms with E-state index in [0.717, 1.165) is 17.1 Å². The van der Waals surface area contributed by atoms with Gasteiger partial charge in [-0.1, -0.05) is 12.1 Å². The van der Waals surface area contributed by atoms with Gasteiger partial charge < -0.3 is 41.3 Å². The highest BCUT2D eigenvalue weighted by Crippen LogP contribution is 2.12. The minimum Gasteiger partial charge on any atom is -0.481 e. The standard InChI is InChI=1S/C27H33N5O12/c1-15(35)44-14-16-2-4-17(5-3-16)28-25(41)18(6-9-24(39)40)30-27(43)20(13-34)31-26(42)19(12-33)29-21(36)10-11-32-22(37)7-8-23(32)38/h2-5,7-8,18-20,33-34H,6,9-14H2,1H3,(H,28,41)(H,29,36)(H,30,43)(H,31,42)(H,39,40)/t18-,19-,20-/m0/s1. The molecular formula is C27H33N5O12. The van der Waals surface area contributed by atoms with Crippen molar-refractivity contribution in [1.29, 1.82) is 0 Å². The van der Waals surface area contributed by atoms with Crippen LogP contribution in [0.25, 0.3) is 0 Å². The minimum absolute atomic E-state index is 0.00821. The predicted octanol–water partition coefficient (Wildman–Crippen LogP) is -2.69. The van der Waals surface area contributed by atoms with Crippen LogP contribution in [0.2, 0.25) is 0 Å². The maximum atomic E-state index is 12.9. The minimum atomic E-state index is -1.67. The first-order valence-corrected chi connectivity index (χ1v) is 13.2. The van der Waals surface area contributed by atoms with Gasteiger partial charge in [-0.25, -0.2) is 0 Å². The zero-order chi connectivity index (χ0) is 32.8. The predicted molar refractivity (Wildman–Crippen MR) is 148 cm³/mol. The molecule has 2 rings (SSSR count). The molecule has 1 aliphatic heterocycles. The van der Waals surface area contributed by atoms with Gasteiger partial charge in [-0.3, -0.25) is 43.3 Å². The summed E-state index contributed by atoms with van der Waals surface area (Å²) in [6.07, 6.45) is 0.816. The lowest BCUT2D eigenvalue weighted by molar-refractivity contribution is -0.142. The molecule has 0 fully saturated rings. The number of esters is 1. The van der Waals surface area contributed by atoms with E-state index in [0.29, 0.717) is 5.56 Å². The molecular weight excluding hydrogens is 586 g/mol. The number of carboxylic acid groups (broad SMARTS) is 1. The van der Waals surface area contributed by atoms with Gasteiger partial charge in [0, 0.05) is 44.1 Å². The quantitative estimate of drug-likeness (QED) is 0.0695. The Balaban J connectivity index is 1.99. The number of aliphatic carboxylic acids is 1. The van der Waals surface area contributed by atoms with E-state index in [1.165, 1.54) is 19.1 Å². The number of anilines is 1. The van der Waals surface area contributed by atoms with Crippen molar-refractivity contribution in [3.8, 4) is 0 Å². The molecule has 238 valence electrons. The van der Waals surface area contributed by atoms with Crippen LogP contribution < -0.4 is 21.3 Å². The molecule has 17 nitrogen and oxygen atoms in total. The highest BCUT2D eigenvalue weighted by molar-refractivity contribution is 6.13. The van der Waals surface area contributed by atoms with Gasteiger partial charge in [-0.2, -0.15) is 0 Å². The number of nitrogens with one attached hydrogen (secondary N) is 4. The number of carbonyl (C=O) groups excluding carboxylic acids is 7. The normalized spacial score (nSPS) is 14.3. The van der Waals surface area contributed by atoms with Crippen LogP contribution in [-0.2, 0) is 49.7 Å². The lowest BCUT2D eigenvalue weighted by Crippen LogP contribution is -2.58. The number of benzene rings is 1. The molecule has 1 aromatic carbocycles. The van der Waals surface area contributed by atoms with Crippen LogP contribution in [0.5, 0.6) is 0 Å². The molecule has 6 amide bonds. The van der Waals surface area contributed by atoms with E-state index in [9.17, 15) is 48.6 Å². The Morgan fingerprint density at radius 2 is 1.34 bits per heavy atom. The van der Waals surface area contributed by atoms with Gasteiger partial charge >= 0.3 is 11.9 Å². The fraction of sp³-hybridized carbons (Fsp3) is 0.407. The average Bonchev–Trinajstić information content (AvgIpc) is 3.30. The summed E-state index contributed by atoms with van der Waals surface area (Å²) in [5.41, 5.74) is 0.904. The van der Waals surface area contributed by atoms with Gasteiger partial charge in [-0.05, 0) is 24.1 Å². The summed E-state index contributed by atoms with van der Waals surface area (Å²) in [7, 11) is 0. The zero-order valence-corrected chi connectivity index (χ0v) is 23.6. The van der Waals surface area contributed by atoms with E-state index >= 15 is 0 Å². The number of carbonyl (C=O) groups is 8. The van der Waals surface area contributed by atoms with Crippen LogP contribution in [-0.4, -0.2) is 105 Å². The first-order chi connectivity index (χ1) is 20.8. The van der Waals surface area contributed by atoms with Gasteiger partial charge in [-0.15, -0.1) is 0 Å². The molecule has 0 aromatic heterocycles. The van der Waals surface area contributed by atoms with E-state index in [2.05, 4.69) is 21.3 Å². The van der Waals surface area contributed by atoms with E-state index in [1.54, 1.807) is 12.1 Å². The van der Waals surface area contributed by atoms with E-state index in [4.69, 9.17) is 9.84 Å². The van der Waals surface area contributed by atoms with Crippen LogP contribution in [0.3, 0.4) is 0 Å². The fourth-order valence-electron chi connectivity index (χ4n) is 3.70. The molecule has 1 aliphatic rings. The summed E-state index contributed by atoms with van der Waals surface area (Å²) in [5.74, 6) is -6.70. The maximum Gasteiger partial charge on any atom is 0.303 e. The summed E-state index contributed by atoms with van der Waals surface area (Å²) in [6, 6.07) is 1.46. The Labute approximate surface area is 250 Å². The largest absolute Gasteiger partial charge is 0.481 e. The molecule has 3 atom stereocenters. The Hall–Kier alpha value is -5.16. The number of aliphatic hydroxyl groups is 2. The number of carboxylic acids is 1. The monoisotopic (exact) mass is 619 g/mol. The summed E-state index contributed by atoms with van der Waals surface area (Å²) in [5, 5.41) is 37.5. The van der Waals surface area contributed by atoms with E-state index < -0.39 is 85.1 Å². The number of hydrogen-bond acceptors (Lipinski definition) is 11. The van der Waals surface area contributed by atoms with Gasteiger partial charge in [0.05, 0.1) is 13.2 Å². The smallest absolute Gasteiger partial charge is 0.303 e. The van der Waals surface area contributed by atoms with Crippen LogP contribution in [0.1, 0.15) is 31.7 Å². The Kier molecular flexibility index (Phi) is 13.6. The van der Waals surface area contributed by atoms with Crippen molar-refractivity contribution in [3.05, 3.63) is 42.0 Å². The Bertz CT molecular complexity index is 1280. The van der Waals surface area contributed by atoms with Crippen molar-refractivity contribution >= 4 is 53.1 Å². The lowest BCUT2D eigenvalue weighted by Gasteiger charge is -2.24. The molecule has 44 heavy (non-hydrogen) atoms. The summed E-state index contributed by atoms with van der Waals surface area (Å²) < 4.78 is 4.88. The van der Waals surface area contributed by atoms with Crippen molar-refractivity contribution in [3.63, 3.8) is 0 Å². The molecule has 0 aliphatic carbocycles. The molecule has 0 spiro atoms. The fourth-order valence-corrected chi connectivity index (χ4v) is 3.70. The van der Waals surface area contributed by atoms with Crippen LogP contribution in [0.4, 0.5) is 5.69 Å². The second-order valence-electron chi connectivity index (χ2n) is 9.42. The molecule has 0 saturated carbocycles. The number of hydrogen-bond donors (Lipinski definition) is 7. The molecule has 0 bridgehead atoms. The van der Waals surface area contributed by atoms with Crippen molar-refractivity contribution in [2.45, 2.75) is 50.9 Å². The number of ether oxygens (including phenoxy) is 1. The van der Waals surface area contributed by atoms with E-state index in [-0.39, 0.29) is 31.7 Å². The van der Waals surface area contributed by atoms with Gasteiger partial charge in [0.15, 0.2) is 0 Å². The molecule has 0 saturated heterocycles. The third-order valence-electron chi connectivity index (χ3n) is 6.06. The molecule has 1 heterocycles. The second-order valence-corrected chi connectivity index (χ2v) is 9.42. The third-order valence-corrected chi connectivity index (χ3v) is 6.06. The van der Waals surface area contributed by atoms with Gasteiger partial charge in [0.25, 0.3) is 11.8 Å². The number of nitrogens with zero attached hydrogens (tertiary/aromatic N) is 1. The second kappa shape index (κ2) is 17.1. The van der Waals surface area contributed by atoms with Crippen molar-refractivity contribution in [1.82, 2.24) is 20.9 Å². The zero-order valence-electron chi connectivity index (χ0n) is 23.6. The van der Waals surface area contributed by atoms with Crippen molar-refractivity contribution in [2.75, 3.05) is 25.1 Å². The number of aliphatic hydroxyl groups excluding tert-OH is 2. The van der Waals surface area contributed by atoms with Crippen molar-refractivity contribution < 1.29 is 58.4 Å². The average molecular weight is 620 g/mol. The molecule has 17 heteroatoms. The SMILES string of the molecule is CC(=O)OCc1ccc(NC(=O)[C@H](CCC(=O)O)NC(=O)[C@H](CO)NC(=O)[C@H](CO)NC(=O)CCN2C(=O)C=CC2=O)cc1. The molecule has 1 aromatic rings. The topological polar surface area (TPSA) is 258 Å². The molecule has 0 radical (unpaired) electrons.